The van der Waals surface area contributed by atoms with Gasteiger partial charge in [-0.05, 0) is 17.2 Å². The average molecular weight is 408 g/mol. The predicted molar refractivity (Wildman–Crippen MR) is 113 cm³/mol. The number of aromatic nitrogens is 1. The highest BCUT2D eigenvalue weighted by molar-refractivity contribution is 5.91. The molecule has 2 amide bonds. The van der Waals surface area contributed by atoms with Gasteiger partial charge in [0, 0.05) is 29.9 Å². The van der Waals surface area contributed by atoms with Crippen molar-refractivity contribution >= 4 is 28.7 Å². The monoisotopic (exact) mass is 408 g/mol. The number of hydrogen-bond acceptors (Lipinski definition) is 4. The lowest BCUT2D eigenvalue weighted by Gasteiger charge is -2.21. The van der Waals surface area contributed by atoms with Crippen LogP contribution in [0.25, 0.3) is 10.9 Å². The molecule has 0 aliphatic carbocycles. The van der Waals surface area contributed by atoms with Crippen molar-refractivity contribution in [2.45, 2.75) is 24.9 Å². The zero-order valence-electron chi connectivity index (χ0n) is 16.3. The molecule has 3 rings (SSSR count). The van der Waals surface area contributed by atoms with Crippen LogP contribution in [0.5, 0.6) is 0 Å². The SMILES string of the molecule is NCC(=O)N[C@@H](Cc1ccccc1)C(=O)N[C@@H](Cc1c[nH]c2ccccc12)C(=O)O. The first-order valence-electron chi connectivity index (χ1n) is 9.59. The molecule has 0 saturated carbocycles. The van der Waals surface area contributed by atoms with Crippen LogP contribution in [0.1, 0.15) is 11.1 Å². The van der Waals surface area contributed by atoms with Crippen molar-refractivity contribution in [2.24, 2.45) is 5.73 Å². The molecule has 0 spiro atoms. The highest BCUT2D eigenvalue weighted by Gasteiger charge is 2.27. The molecule has 0 bridgehead atoms. The summed E-state index contributed by atoms with van der Waals surface area (Å²) in [5, 5.41) is 15.7. The van der Waals surface area contributed by atoms with E-state index in [0.29, 0.717) is 0 Å². The fraction of sp³-hybridized carbons (Fsp3) is 0.227. The molecule has 0 aliphatic rings. The number of nitrogens with two attached hydrogens (primary N) is 1. The van der Waals surface area contributed by atoms with E-state index in [1.54, 1.807) is 6.20 Å². The first-order chi connectivity index (χ1) is 14.5. The van der Waals surface area contributed by atoms with Crippen LogP contribution in [0.4, 0.5) is 0 Å². The smallest absolute Gasteiger partial charge is 0.326 e. The van der Waals surface area contributed by atoms with Crippen LogP contribution in [0.3, 0.4) is 0 Å². The quantitative estimate of drug-likeness (QED) is 0.359. The highest BCUT2D eigenvalue weighted by atomic mass is 16.4. The van der Waals surface area contributed by atoms with Gasteiger partial charge in [0.25, 0.3) is 0 Å². The molecule has 2 aromatic carbocycles. The summed E-state index contributed by atoms with van der Waals surface area (Å²) in [7, 11) is 0. The van der Waals surface area contributed by atoms with Crippen LogP contribution in [0.15, 0.2) is 60.8 Å². The Morgan fingerprint density at radius 2 is 1.63 bits per heavy atom. The Bertz CT molecular complexity index is 1030. The average Bonchev–Trinajstić information content (AvgIpc) is 3.16. The molecule has 0 aliphatic heterocycles. The summed E-state index contributed by atoms with van der Waals surface area (Å²) >= 11 is 0. The number of carbonyl (C=O) groups is 3. The number of hydrogen-bond donors (Lipinski definition) is 5. The Kier molecular flexibility index (Phi) is 6.82. The van der Waals surface area contributed by atoms with E-state index in [1.807, 2.05) is 54.6 Å². The molecule has 6 N–H and O–H groups in total. The van der Waals surface area contributed by atoms with Crippen LogP contribution in [0.2, 0.25) is 0 Å². The minimum absolute atomic E-state index is 0.105. The van der Waals surface area contributed by atoms with Gasteiger partial charge >= 0.3 is 5.97 Å². The summed E-state index contributed by atoms with van der Waals surface area (Å²) in [4.78, 5) is 39.6. The third kappa shape index (κ3) is 5.24. The molecule has 0 radical (unpaired) electrons. The summed E-state index contributed by atoms with van der Waals surface area (Å²) in [5.74, 6) is -2.22. The fourth-order valence-electron chi connectivity index (χ4n) is 3.31. The Balaban J connectivity index is 1.76. The third-order valence-corrected chi connectivity index (χ3v) is 4.83. The van der Waals surface area contributed by atoms with Crippen molar-refractivity contribution in [3.63, 3.8) is 0 Å². The van der Waals surface area contributed by atoms with Crippen molar-refractivity contribution in [3.8, 4) is 0 Å². The summed E-state index contributed by atoms with van der Waals surface area (Å²) in [6, 6.07) is 14.6. The number of amides is 2. The van der Waals surface area contributed by atoms with Gasteiger partial charge in [0.1, 0.15) is 12.1 Å². The van der Waals surface area contributed by atoms with Crippen molar-refractivity contribution in [2.75, 3.05) is 6.54 Å². The van der Waals surface area contributed by atoms with Crippen LogP contribution in [-0.2, 0) is 27.2 Å². The molecule has 0 unspecified atom stereocenters. The van der Waals surface area contributed by atoms with Gasteiger partial charge in [-0.1, -0.05) is 48.5 Å². The van der Waals surface area contributed by atoms with Crippen LogP contribution in [0, 0.1) is 0 Å². The lowest BCUT2D eigenvalue weighted by Crippen LogP contribution is -2.53. The van der Waals surface area contributed by atoms with E-state index in [9.17, 15) is 19.5 Å². The molecule has 8 heteroatoms. The van der Waals surface area contributed by atoms with Gasteiger partial charge in [-0.2, -0.15) is 0 Å². The summed E-state index contributed by atoms with van der Waals surface area (Å²) in [6.45, 7) is -0.268. The topological polar surface area (TPSA) is 137 Å². The molecule has 30 heavy (non-hydrogen) atoms. The van der Waals surface area contributed by atoms with Gasteiger partial charge < -0.3 is 26.5 Å². The lowest BCUT2D eigenvalue weighted by molar-refractivity contribution is -0.142. The summed E-state index contributed by atoms with van der Waals surface area (Å²) < 4.78 is 0. The van der Waals surface area contributed by atoms with E-state index in [0.717, 1.165) is 22.0 Å². The van der Waals surface area contributed by atoms with Crippen LogP contribution >= 0.6 is 0 Å². The van der Waals surface area contributed by atoms with Crippen LogP contribution in [-0.4, -0.2) is 46.5 Å². The molecule has 8 nitrogen and oxygen atoms in total. The van der Waals surface area contributed by atoms with E-state index in [1.165, 1.54) is 0 Å². The number of aromatic amines is 1. The third-order valence-electron chi connectivity index (χ3n) is 4.83. The molecule has 1 heterocycles. The molecular formula is C22H24N4O4. The number of benzene rings is 2. The van der Waals surface area contributed by atoms with E-state index >= 15 is 0 Å². The minimum Gasteiger partial charge on any atom is -0.480 e. The number of rotatable bonds is 9. The first kappa shape index (κ1) is 21.1. The molecule has 156 valence electrons. The molecule has 2 atom stereocenters. The maximum absolute atomic E-state index is 12.9. The maximum atomic E-state index is 12.9. The second-order valence-corrected chi connectivity index (χ2v) is 6.98. The molecular weight excluding hydrogens is 384 g/mol. The van der Waals surface area contributed by atoms with Gasteiger partial charge in [-0.25, -0.2) is 4.79 Å². The molecule has 1 aromatic heterocycles. The lowest BCUT2D eigenvalue weighted by atomic mass is 10.0. The number of nitrogens with one attached hydrogen (secondary N) is 3. The van der Waals surface area contributed by atoms with Crippen molar-refractivity contribution in [1.82, 2.24) is 15.6 Å². The zero-order chi connectivity index (χ0) is 21.5. The number of H-pyrrole nitrogens is 1. The second kappa shape index (κ2) is 9.71. The number of para-hydroxylation sites is 1. The minimum atomic E-state index is -1.16. The number of carboxylic acid groups (broad SMARTS) is 1. The first-order valence-corrected chi connectivity index (χ1v) is 9.59. The molecule has 3 aromatic rings. The zero-order valence-corrected chi connectivity index (χ0v) is 16.3. The van der Waals surface area contributed by atoms with Gasteiger partial charge in [-0.15, -0.1) is 0 Å². The van der Waals surface area contributed by atoms with E-state index < -0.39 is 29.9 Å². The van der Waals surface area contributed by atoms with E-state index in [2.05, 4.69) is 15.6 Å². The normalized spacial score (nSPS) is 12.8. The fourth-order valence-corrected chi connectivity index (χ4v) is 3.31. The summed E-state index contributed by atoms with van der Waals surface area (Å²) in [5.41, 5.74) is 7.87. The molecule has 0 fully saturated rings. The van der Waals surface area contributed by atoms with E-state index in [-0.39, 0.29) is 19.4 Å². The molecule has 0 saturated heterocycles. The Morgan fingerprint density at radius 3 is 2.33 bits per heavy atom. The van der Waals surface area contributed by atoms with Crippen LogP contribution < -0.4 is 16.4 Å². The Morgan fingerprint density at radius 1 is 0.933 bits per heavy atom. The van der Waals surface area contributed by atoms with E-state index in [4.69, 9.17) is 5.73 Å². The van der Waals surface area contributed by atoms with Gasteiger partial charge in [0.05, 0.1) is 6.54 Å². The maximum Gasteiger partial charge on any atom is 0.326 e. The Labute approximate surface area is 173 Å². The van der Waals surface area contributed by atoms with Gasteiger partial charge in [0.2, 0.25) is 11.8 Å². The largest absolute Gasteiger partial charge is 0.480 e. The second-order valence-electron chi connectivity index (χ2n) is 6.98. The number of carboxylic acids is 1. The number of carbonyl (C=O) groups excluding carboxylic acids is 2. The summed E-state index contributed by atoms with van der Waals surface area (Å²) in [6.07, 6.45) is 2.07. The van der Waals surface area contributed by atoms with Crippen molar-refractivity contribution in [1.29, 1.82) is 0 Å². The van der Waals surface area contributed by atoms with Gasteiger partial charge in [0.15, 0.2) is 0 Å². The van der Waals surface area contributed by atoms with Gasteiger partial charge in [-0.3, -0.25) is 9.59 Å². The van der Waals surface area contributed by atoms with Crippen molar-refractivity contribution in [3.05, 3.63) is 71.9 Å². The Hall–Kier alpha value is -3.65. The highest BCUT2D eigenvalue weighted by Crippen LogP contribution is 2.19. The van der Waals surface area contributed by atoms with Crippen molar-refractivity contribution < 1.29 is 19.5 Å². The number of fused-ring (bicyclic) bond motifs is 1. The predicted octanol–water partition coefficient (Wildman–Crippen LogP) is 0.966. The standard InChI is InChI=1S/C22H24N4O4/c23-12-20(27)25-18(10-14-6-2-1-3-7-14)21(28)26-19(22(29)30)11-15-13-24-17-9-5-4-8-16(15)17/h1-9,13,18-19,24H,10-12,23H2,(H,25,27)(H,26,28)(H,29,30)/t18-,19-/m0/s1. The number of aliphatic carboxylic acids is 1.